The highest BCUT2D eigenvalue weighted by molar-refractivity contribution is 9.09. The summed E-state index contributed by atoms with van der Waals surface area (Å²) in [6.07, 6.45) is 12.3. The fourth-order valence-electron chi connectivity index (χ4n) is 2.82. The van der Waals surface area contributed by atoms with Gasteiger partial charge in [-0.15, -0.1) is 0 Å². The molecule has 0 atom stereocenters. The maximum absolute atomic E-state index is 5.41. The Morgan fingerprint density at radius 2 is 1.53 bits per heavy atom. The molecule has 0 N–H and O–H groups in total. The van der Waals surface area contributed by atoms with Crippen molar-refractivity contribution >= 4 is 15.9 Å². The van der Waals surface area contributed by atoms with Crippen molar-refractivity contribution in [1.29, 1.82) is 0 Å². The number of hydrogen-bond donors (Lipinski definition) is 0. The van der Waals surface area contributed by atoms with Crippen LogP contribution in [0.1, 0.15) is 57.8 Å². The van der Waals surface area contributed by atoms with Crippen molar-refractivity contribution in [3.05, 3.63) is 0 Å². The van der Waals surface area contributed by atoms with Gasteiger partial charge in [-0.1, -0.05) is 48.0 Å². The van der Waals surface area contributed by atoms with E-state index in [1.54, 1.807) is 0 Å². The van der Waals surface area contributed by atoms with Crippen LogP contribution < -0.4 is 0 Å². The van der Waals surface area contributed by atoms with Gasteiger partial charge in [0.15, 0.2) is 0 Å². The smallest absolute Gasteiger partial charge is 0.0469 e. The molecule has 1 rings (SSSR count). The van der Waals surface area contributed by atoms with Gasteiger partial charge in [0, 0.05) is 25.1 Å². The SMILES string of the molecule is CN(CCCCCCCCCBr)CC1CCOCC1. The maximum Gasteiger partial charge on any atom is 0.0469 e. The molecule has 0 radical (unpaired) electrons. The van der Waals surface area contributed by atoms with Crippen molar-refractivity contribution in [3.8, 4) is 0 Å². The lowest BCUT2D eigenvalue weighted by atomic mass is 10.00. The van der Waals surface area contributed by atoms with Crippen molar-refractivity contribution in [3.63, 3.8) is 0 Å². The summed E-state index contributed by atoms with van der Waals surface area (Å²) in [6.45, 7) is 4.51. The average molecular weight is 334 g/mol. The van der Waals surface area contributed by atoms with E-state index in [0.29, 0.717) is 0 Å². The number of alkyl halides is 1. The summed E-state index contributed by atoms with van der Waals surface area (Å²) in [4.78, 5) is 2.53. The Balaban J connectivity index is 1.85. The number of halogens is 1. The molecule has 2 nitrogen and oxygen atoms in total. The molecule has 0 aromatic carbocycles. The zero-order valence-electron chi connectivity index (χ0n) is 12.7. The zero-order valence-corrected chi connectivity index (χ0v) is 14.3. The Kier molecular flexibility index (Phi) is 11.2. The number of hydrogen-bond acceptors (Lipinski definition) is 2. The lowest BCUT2D eigenvalue weighted by molar-refractivity contribution is 0.0556. The fraction of sp³-hybridized carbons (Fsp3) is 1.00. The van der Waals surface area contributed by atoms with Gasteiger partial charge < -0.3 is 9.64 Å². The molecule has 0 aromatic rings. The molecule has 0 aromatic heterocycles. The monoisotopic (exact) mass is 333 g/mol. The molecule has 0 aliphatic carbocycles. The molecule has 1 fully saturated rings. The maximum atomic E-state index is 5.41. The van der Waals surface area contributed by atoms with Crippen LogP contribution in [0.4, 0.5) is 0 Å². The van der Waals surface area contributed by atoms with Gasteiger partial charge in [0.1, 0.15) is 0 Å². The van der Waals surface area contributed by atoms with Crippen LogP contribution in [-0.4, -0.2) is 43.6 Å². The van der Waals surface area contributed by atoms with E-state index in [1.807, 2.05) is 0 Å². The molecule has 1 saturated heterocycles. The molecule has 0 unspecified atom stereocenters. The first-order valence-corrected chi connectivity index (χ1v) is 9.27. The minimum Gasteiger partial charge on any atom is -0.381 e. The van der Waals surface area contributed by atoms with Crippen molar-refractivity contribution < 1.29 is 4.74 Å². The van der Waals surface area contributed by atoms with Crippen LogP contribution in [0, 0.1) is 5.92 Å². The van der Waals surface area contributed by atoms with E-state index in [-0.39, 0.29) is 0 Å². The summed E-state index contributed by atoms with van der Waals surface area (Å²) >= 11 is 3.49. The Morgan fingerprint density at radius 1 is 0.947 bits per heavy atom. The van der Waals surface area contributed by atoms with Crippen molar-refractivity contribution in [2.45, 2.75) is 57.8 Å². The van der Waals surface area contributed by atoms with E-state index in [2.05, 4.69) is 27.9 Å². The van der Waals surface area contributed by atoms with E-state index >= 15 is 0 Å². The lowest BCUT2D eigenvalue weighted by Gasteiger charge is -2.27. The van der Waals surface area contributed by atoms with E-state index in [9.17, 15) is 0 Å². The molecule has 1 aliphatic heterocycles. The highest BCUT2D eigenvalue weighted by Crippen LogP contribution is 2.16. The van der Waals surface area contributed by atoms with E-state index in [0.717, 1.165) is 19.1 Å². The first-order chi connectivity index (χ1) is 9.33. The van der Waals surface area contributed by atoms with E-state index in [1.165, 1.54) is 76.2 Å². The Labute approximate surface area is 128 Å². The predicted molar refractivity (Wildman–Crippen MR) is 87.2 cm³/mol. The van der Waals surface area contributed by atoms with Gasteiger partial charge in [0.2, 0.25) is 0 Å². The molecule has 0 amide bonds. The third kappa shape index (κ3) is 9.86. The lowest BCUT2D eigenvalue weighted by Crippen LogP contribution is -2.30. The minimum absolute atomic E-state index is 0.878. The highest BCUT2D eigenvalue weighted by atomic mass is 79.9. The largest absolute Gasteiger partial charge is 0.381 e. The van der Waals surface area contributed by atoms with Crippen LogP contribution in [0.3, 0.4) is 0 Å². The number of rotatable bonds is 11. The molecule has 3 heteroatoms. The second kappa shape index (κ2) is 12.2. The molecule has 1 heterocycles. The Morgan fingerprint density at radius 3 is 2.16 bits per heavy atom. The molecular formula is C16H32BrNO. The summed E-state index contributed by atoms with van der Waals surface area (Å²) in [7, 11) is 2.28. The first kappa shape index (κ1) is 17.5. The fourth-order valence-corrected chi connectivity index (χ4v) is 3.22. The predicted octanol–water partition coefficient (Wildman–Crippen LogP) is 4.47. The minimum atomic E-state index is 0.878. The van der Waals surface area contributed by atoms with Gasteiger partial charge in [-0.05, 0) is 45.2 Å². The van der Waals surface area contributed by atoms with Gasteiger partial charge in [-0.2, -0.15) is 0 Å². The topological polar surface area (TPSA) is 12.5 Å². The van der Waals surface area contributed by atoms with Crippen LogP contribution in [0.2, 0.25) is 0 Å². The average Bonchev–Trinajstić information content (AvgIpc) is 2.43. The van der Waals surface area contributed by atoms with Gasteiger partial charge in [-0.3, -0.25) is 0 Å². The van der Waals surface area contributed by atoms with E-state index < -0.39 is 0 Å². The third-order valence-electron chi connectivity index (χ3n) is 4.08. The number of ether oxygens (including phenoxy) is 1. The molecule has 0 bridgehead atoms. The molecule has 0 spiro atoms. The molecule has 114 valence electrons. The van der Waals surface area contributed by atoms with Crippen molar-refractivity contribution in [2.75, 3.05) is 38.7 Å². The first-order valence-electron chi connectivity index (χ1n) is 8.15. The van der Waals surface area contributed by atoms with E-state index in [4.69, 9.17) is 4.74 Å². The van der Waals surface area contributed by atoms with Crippen LogP contribution in [0.5, 0.6) is 0 Å². The van der Waals surface area contributed by atoms with Crippen molar-refractivity contribution in [1.82, 2.24) is 4.90 Å². The normalized spacial score (nSPS) is 17.2. The molecular weight excluding hydrogens is 302 g/mol. The summed E-state index contributed by atoms with van der Waals surface area (Å²) in [5.41, 5.74) is 0. The van der Waals surface area contributed by atoms with Crippen molar-refractivity contribution in [2.24, 2.45) is 5.92 Å². The zero-order chi connectivity index (χ0) is 13.8. The van der Waals surface area contributed by atoms with Gasteiger partial charge in [0.25, 0.3) is 0 Å². The summed E-state index contributed by atoms with van der Waals surface area (Å²) in [5, 5.41) is 1.17. The van der Waals surface area contributed by atoms with Crippen LogP contribution in [0.25, 0.3) is 0 Å². The Hall–Kier alpha value is 0.400. The number of nitrogens with zero attached hydrogens (tertiary/aromatic N) is 1. The van der Waals surface area contributed by atoms with Gasteiger partial charge >= 0.3 is 0 Å². The highest BCUT2D eigenvalue weighted by Gasteiger charge is 2.15. The standard InChI is InChI=1S/C16H32BrNO/c1-18(15-16-9-13-19-14-10-16)12-8-6-4-2-3-5-7-11-17/h16H,2-15H2,1H3. The second-order valence-electron chi connectivity index (χ2n) is 5.98. The van der Waals surface area contributed by atoms with Crippen LogP contribution in [0.15, 0.2) is 0 Å². The molecule has 0 saturated carbocycles. The third-order valence-corrected chi connectivity index (χ3v) is 4.64. The summed E-state index contributed by atoms with van der Waals surface area (Å²) in [6, 6.07) is 0. The molecule has 19 heavy (non-hydrogen) atoms. The quantitative estimate of drug-likeness (QED) is 0.408. The van der Waals surface area contributed by atoms with Crippen LogP contribution in [-0.2, 0) is 4.74 Å². The van der Waals surface area contributed by atoms with Gasteiger partial charge in [0.05, 0.1) is 0 Å². The van der Waals surface area contributed by atoms with Gasteiger partial charge in [-0.25, -0.2) is 0 Å². The Bertz CT molecular complexity index is 195. The second-order valence-corrected chi connectivity index (χ2v) is 6.77. The summed E-state index contributed by atoms with van der Waals surface area (Å²) in [5.74, 6) is 0.878. The number of unbranched alkanes of at least 4 members (excludes halogenated alkanes) is 6. The summed E-state index contributed by atoms with van der Waals surface area (Å²) < 4.78 is 5.41. The molecule has 1 aliphatic rings. The van der Waals surface area contributed by atoms with Crippen LogP contribution >= 0.6 is 15.9 Å².